The van der Waals surface area contributed by atoms with Crippen molar-refractivity contribution in [2.75, 3.05) is 42.3 Å². The molecule has 7 aliphatic heterocycles. The van der Waals surface area contributed by atoms with Gasteiger partial charge in [-0.1, -0.05) is 25.5 Å². The summed E-state index contributed by atoms with van der Waals surface area (Å²) in [5.41, 5.74) is 0.158. The maximum absolute atomic E-state index is 12.9. The number of aliphatic hydroxyl groups excluding tert-OH is 2. The second-order valence-corrected chi connectivity index (χ2v) is 27.7. The van der Waals surface area contributed by atoms with Crippen LogP contribution >= 0.6 is 0 Å². The SMILES string of the molecule is CO[C@H]1[C@@H](O)[C@@H](C)O[C@@H](O[C@H]2[C@@H](OC)C[C@H](O[C@H]3[C@@H](OC)C[C@H](O[C@H]4[C@@H](OC)C[C@H](O[C@@H]5[C@@H](C)O[C@@]6(C[C@H]5OC)OCO[C@@H]5C[C@H](O[C@@H](C)[C@@]7(O)CC[C@H]8[C@@H]9CC=C%10C[C@@H](OC=O)CC[C@]%10(C)[C@H]9CC[C@@]87C)O[C@H](C)[C@H]5O6)O[C@@H]4C)O[C@@H]3C)O[C@@H]2C)[C@@H]1O. The fraction of sp³-hybridized carbons (Fsp3) is 0.953. The number of hydrogen-bond donors (Lipinski definition) is 3. The van der Waals surface area contributed by atoms with Crippen molar-refractivity contribution in [1.29, 1.82) is 0 Å². The van der Waals surface area contributed by atoms with Crippen LogP contribution in [-0.4, -0.2) is 235 Å². The van der Waals surface area contributed by atoms with E-state index >= 15 is 0 Å². The molecule has 0 aromatic rings. The van der Waals surface area contributed by atoms with E-state index in [1.807, 2.05) is 41.5 Å². The van der Waals surface area contributed by atoms with Gasteiger partial charge in [0.2, 0.25) is 0 Å². The van der Waals surface area contributed by atoms with Crippen molar-refractivity contribution < 1.29 is 115 Å². The number of ether oxygens (including phenoxy) is 20. The Bertz CT molecular complexity index is 2340. The summed E-state index contributed by atoms with van der Waals surface area (Å²) in [6, 6.07) is 0. The van der Waals surface area contributed by atoms with Crippen molar-refractivity contribution in [1.82, 2.24) is 0 Å². The van der Waals surface area contributed by atoms with E-state index in [9.17, 15) is 20.1 Å². The molecule has 0 aromatic carbocycles. The molecule has 0 aromatic heterocycles. The van der Waals surface area contributed by atoms with Crippen molar-refractivity contribution >= 4 is 6.47 Å². The lowest BCUT2D eigenvalue weighted by atomic mass is 9.46. The summed E-state index contributed by atoms with van der Waals surface area (Å²) in [5, 5.41) is 34.3. The third-order valence-corrected chi connectivity index (χ3v) is 23.0. The maximum Gasteiger partial charge on any atom is 0.293 e. The van der Waals surface area contributed by atoms with Gasteiger partial charge < -0.3 is 110 Å². The van der Waals surface area contributed by atoms with E-state index in [-0.39, 0.29) is 30.1 Å². The van der Waals surface area contributed by atoms with Crippen LogP contribution in [0.4, 0.5) is 0 Å². The first-order valence-electron chi connectivity index (χ1n) is 32.7. The van der Waals surface area contributed by atoms with Crippen LogP contribution in [0.5, 0.6) is 0 Å². The van der Waals surface area contributed by atoms with E-state index in [1.165, 1.54) is 12.7 Å². The molecular weight excluding hydrogens is 1150 g/mol. The van der Waals surface area contributed by atoms with Crippen LogP contribution in [0.3, 0.4) is 0 Å². The Morgan fingerprint density at radius 2 is 1.17 bits per heavy atom. The highest BCUT2D eigenvalue weighted by molar-refractivity contribution is 5.38. The summed E-state index contributed by atoms with van der Waals surface area (Å²) in [6.45, 7) is 18.4. The van der Waals surface area contributed by atoms with Crippen molar-refractivity contribution in [3.63, 3.8) is 0 Å². The minimum atomic E-state index is -1.54. The summed E-state index contributed by atoms with van der Waals surface area (Å²) in [4.78, 5) is 11.2. The zero-order valence-electron chi connectivity index (χ0n) is 54.2. The molecule has 11 rings (SSSR count). The minimum Gasteiger partial charge on any atom is -0.464 e. The van der Waals surface area contributed by atoms with Gasteiger partial charge in [-0.3, -0.25) is 4.79 Å². The van der Waals surface area contributed by atoms with Gasteiger partial charge in [0.25, 0.3) is 12.4 Å². The lowest BCUT2D eigenvalue weighted by Gasteiger charge is -2.59. The molecular formula is C64H104O24. The van der Waals surface area contributed by atoms with Gasteiger partial charge in [0.1, 0.15) is 54.9 Å². The Morgan fingerprint density at radius 1 is 0.602 bits per heavy atom. The zero-order valence-corrected chi connectivity index (χ0v) is 54.2. The number of fused-ring (bicyclic) bond motifs is 6. The zero-order chi connectivity index (χ0) is 62.8. The van der Waals surface area contributed by atoms with Crippen LogP contribution < -0.4 is 0 Å². The summed E-state index contributed by atoms with van der Waals surface area (Å²) in [5.74, 6) is -0.168. The molecule has 7 heterocycles. The molecule has 0 unspecified atom stereocenters. The highest BCUT2D eigenvalue weighted by Crippen LogP contribution is 2.68. The van der Waals surface area contributed by atoms with Crippen LogP contribution in [0.2, 0.25) is 0 Å². The van der Waals surface area contributed by atoms with Crippen LogP contribution in [0.15, 0.2) is 11.6 Å². The fourth-order valence-corrected chi connectivity index (χ4v) is 18.0. The number of rotatable bonds is 18. The minimum absolute atomic E-state index is 0.0357. The first-order valence-corrected chi connectivity index (χ1v) is 32.7. The lowest BCUT2D eigenvalue weighted by Crippen LogP contribution is -2.62. The molecule has 1 spiro atoms. The average molecular weight is 1260 g/mol. The molecule has 88 heavy (non-hydrogen) atoms. The van der Waals surface area contributed by atoms with E-state index in [0.29, 0.717) is 56.3 Å². The van der Waals surface area contributed by atoms with Crippen molar-refractivity contribution in [2.24, 2.45) is 28.6 Å². The monoisotopic (exact) mass is 1260 g/mol. The first-order chi connectivity index (χ1) is 42.0. The number of allylic oxidation sites excluding steroid dienone is 1. The molecule has 0 radical (unpaired) electrons. The van der Waals surface area contributed by atoms with Crippen LogP contribution in [0, 0.1) is 28.6 Å². The molecule has 0 bridgehead atoms. The van der Waals surface area contributed by atoms with Crippen molar-refractivity contribution in [2.45, 2.75) is 317 Å². The summed E-state index contributed by atoms with van der Waals surface area (Å²) < 4.78 is 126. The molecule has 4 aliphatic carbocycles. The lowest BCUT2D eigenvalue weighted by molar-refractivity contribution is -0.447. The Balaban J connectivity index is 0.652. The molecule has 7 saturated heterocycles. The average Bonchev–Trinajstić information content (AvgIpc) is 1.24. The quantitative estimate of drug-likeness (QED) is 0.113. The van der Waals surface area contributed by atoms with Crippen molar-refractivity contribution in [3.8, 4) is 0 Å². The van der Waals surface area contributed by atoms with E-state index in [4.69, 9.17) is 94.7 Å². The molecule has 24 heteroatoms. The predicted molar refractivity (Wildman–Crippen MR) is 307 cm³/mol. The Labute approximate surface area is 519 Å². The number of hydrogen-bond acceptors (Lipinski definition) is 24. The fourth-order valence-electron chi connectivity index (χ4n) is 18.0. The molecule has 3 N–H and O–H groups in total. The largest absolute Gasteiger partial charge is 0.464 e. The summed E-state index contributed by atoms with van der Waals surface area (Å²) in [7, 11) is 7.90. The molecule has 24 nitrogen and oxygen atoms in total. The van der Waals surface area contributed by atoms with Crippen LogP contribution in [0.1, 0.15) is 146 Å². The molecule has 10 fully saturated rings. The normalized spacial score (nSPS) is 52.7. The Morgan fingerprint density at radius 3 is 1.75 bits per heavy atom. The van der Waals surface area contributed by atoms with Crippen LogP contribution in [-0.2, 0) is 99.5 Å². The van der Waals surface area contributed by atoms with E-state index < -0.39 is 165 Å². The maximum atomic E-state index is 12.9. The summed E-state index contributed by atoms with van der Waals surface area (Å²) >= 11 is 0. The highest BCUT2D eigenvalue weighted by atomic mass is 16.9. The van der Waals surface area contributed by atoms with Crippen LogP contribution in [0.25, 0.3) is 0 Å². The van der Waals surface area contributed by atoms with E-state index in [0.717, 1.165) is 44.9 Å². The third kappa shape index (κ3) is 12.9. The van der Waals surface area contributed by atoms with Gasteiger partial charge in [0.05, 0.1) is 85.3 Å². The highest BCUT2D eigenvalue weighted by Gasteiger charge is 2.66. The van der Waals surface area contributed by atoms with Gasteiger partial charge in [0, 0.05) is 73.1 Å². The first kappa shape index (κ1) is 67.7. The number of carbonyl (C=O) groups excluding carboxylic acids is 1. The summed E-state index contributed by atoms with van der Waals surface area (Å²) in [6.07, 6.45) is -4.81. The Hall–Kier alpha value is -1.67. The second kappa shape index (κ2) is 27.6. The van der Waals surface area contributed by atoms with Gasteiger partial charge in [-0.15, -0.1) is 0 Å². The predicted octanol–water partition coefficient (Wildman–Crippen LogP) is 5.47. The van der Waals surface area contributed by atoms with E-state index in [2.05, 4.69) is 19.9 Å². The molecule has 33 atom stereocenters. The van der Waals surface area contributed by atoms with Gasteiger partial charge >= 0.3 is 0 Å². The van der Waals surface area contributed by atoms with Gasteiger partial charge in [0.15, 0.2) is 38.2 Å². The molecule has 3 saturated carbocycles. The number of methoxy groups -OCH3 is 5. The molecule has 11 aliphatic rings. The second-order valence-electron chi connectivity index (χ2n) is 27.7. The third-order valence-electron chi connectivity index (χ3n) is 23.0. The number of carbonyl (C=O) groups is 1. The molecule has 0 amide bonds. The smallest absolute Gasteiger partial charge is 0.293 e. The topological polar surface area (TPSA) is 262 Å². The van der Waals surface area contributed by atoms with Gasteiger partial charge in [-0.2, -0.15) is 0 Å². The number of aliphatic hydroxyl groups is 3. The Kier molecular flexibility index (Phi) is 21.2. The van der Waals surface area contributed by atoms with Gasteiger partial charge in [-0.25, -0.2) is 0 Å². The standard InChI is InChI=1S/C64H104O24/c1-31-52(66)59(73-14)53(67)60(81-31)86-56-34(4)79-50(26-45(56)71-12)84-54-32(2)77-49(24-43(54)69-10)83-55-33(3)78-51(25-44(55)70-11)85-57-36(6)87-64(28-47(57)72-13)76-30-75-46-27-48(80-35(5)58(46)88-64)82-37(7)63(68)22-19-42-40-16-15-38-23-39(74-29-65)17-20-61(38,8)41(40)18-21-62(42,63)9/h15,29,31-37,39-60,66-68H,16-28,30H2,1-14H3/t31-,32-,33-,34-,35-,36-,37+,39+,40-,41+,42+,43+,44+,45+,46-,47-,48+,49+,50+,51+,52+,53-,54-,55-,56-,57-,58-,59+,60+,61+,62+,63+,64-/m1/s1. The van der Waals surface area contributed by atoms with Crippen molar-refractivity contribution in [3.05, 3.63) is 11.6 Å². The van der Waals surface area contributed by atoms with E-state index in [1.54, 1.807) is 35.4 Å². The van der Waals surface area contributed by atoms with Gasteiger partial charge in [-0.05, 0) is 117 Å². The molecule has 504 valence electrons.